The van der Waals surface area contributed by atoms with E-state index in [-0.39, 0.29) is 34.6 Å². The fourth-order valence-corrected chi connectivity index (χ4v) is 4.48. The Hall–Kier alpha value is -4.27. The molecule has 1 aromatic carbocycles. The van der Waals surface area contributed by atoms with E-state index in [9.17, 15) is 31.4 Å². The number of aryl methyl sites for hydroxylation is 1. The van der Waals surface area contributed by atoms with Gasteiger partial charge in [0.15, 0.2) is 17.3 Å². The third kappa shape index (κ3) is 4.94. The Labute approximate surface area is 228 Å². The number of rotatable bonds is 7. The van der Waals surface area contributed by atoms with Crippen LogP contribution in [0.25, 0.3) is 22.8 Å². The van der Waals surface area contributed by atoms with Crippen LogP contribution in [0.15, 0.2) is 43.0 Å². The molecule has 1 aliphatic carbocycles. The van der Waals surface area contributed by atoms with Gasteiger partial charge in [-0.15, -0.1) is 0 Å². The summed E-state index contributed by atoms with van der Waals surface area (Å²) < 4.78 is 95.1. The topological polar surface area (TPSA) is 108 Å². The summed E-state index contributed by atoms with van der Waals surface area (Å²) in [4.78, 5) is 20.1. The molecule has 5 rings (SSSR count). The predicted octanol–water partition coefficient (Wildman–Crippen LogP) is 5.05. The standard InChI is InChI=1S/C26H22F6N6O3/c1-38-11-17(25(27,28)29)36-22(38)14-6-8-15(9-7-14)24(39,26(30,31)32)20-16(40-2)10-33-21(37-20)18-19(13-4-5-13)34-12-35-23(18)41-3/h6-13,39H,4-5H2,1-3H3. The van der Waals surface area contributed by atoms with Gasteiger partial charge in [0, 0.05) is 24.7 Å². The first-order valence-corrected chi connectivity index (χ1v) is 12.1. The maximum absolute atomic E-state index is 14.8. The second-order valence-electron chi connectivity index (χ2n) is 9.37. The molecule has 1 N–H and O–H groups in total. The molecule has 4 aromatic rings. The SMILES string of the molecule is COc1cnc(-c2c(OC)ncnc2C2CC2)nc1C(O)(c1ccc(-c2nc(C(F)(F)F)cn2C)cc1)C(F)(F)F. The number of aliphatic hydroxyl groups is 1. The number of benzene rings is 1. The van der Waals surface area contributed by atoms with Gasteiger partial charge in [0.05, 0.1) is 26.1 Å². The first-order valence-electron chi connectivity index (χ1n) is 12.1. The Kier molecular flexibility index (Phi) is 6.88. The van der Waals surface area contributed by atoms with Crippen molar-refractivity contribution in [2.45, 2.75) is 36.7 Å². The van der Waals surface area contributed by atoms with Crippen LogP contribution in [-0.2, 0) is 18.8 Å². The maximum Gasteiger partial charge on any atom is 0.434 e. The van der Waals surface area contributed by atoms with Crippen LogP contribution in [0.2, 0.25) is 0 Å². The summed E-state index contributed by atoms with van der Waals surface area (Å²) in [6.45, 7) is 0. The highest BCUT2D eigenvalue weighted by atomic mass is 19.4. The quantitative estimate of drug-likeness (QED) is 0.303. The zero-order valence-corrected chi connectivity index (χ0v) is 21.7. The van der Waals surface area contributed by atoms with Gasteiger partial charge < -0.3 is 19.1 Å². The van der Waals surface area contributed by atoms with E-state index in [0.29, 0.717) is 5.69 Å². The van der Waals surface area contributed by atoms with E-state index in [0.717, 1.165) is 61.2 Å². The summed E-state index contributed by atoms with van der Waals surface area (Å²) in [7, 11) is 3.75. The highest BCUT2D eigenvalue weighted by Gasteiger charge is 2.59. The van der Waals surface area contributed by atoms with Crippen LogP contribution in [0.5, 0.6) is 11.6 Å². The van der Waals surface area contributed by atoms with Crippen molar-refractivity contribution in [3.63, 3.8) is 0 Å². The smallest absolute Gasteiger partial charge is 0.434 e. The summed E-state index contributed by atoms with van der Waals surface area (Å²) >= 11 is 0. The molecule has 9 nitrogen and oxygen atoms in total. The number of halogens is 6. The van der Waals surface area contributed by atoms with Gasteiger partial charge in [-0.2, -0.15) is 26.3 Å². The van der Waals surface area contributed by atoms with E-state index in [1.165, 1.54) is 20.5 Å². The van der Waals surface area contributed by atoms with Crippen LogP contribution >= 0.6 is 0 Å². The molecule has 1 aliphatic rings. The van der Waals surface area contributed by atoms with E-state index in [1.807, 2.05) is 0 Å². The highest BCUT2D eigenvalue weighted by molar-refractivity contribution is 5.67. The van der Waals surface area contributed by atoms with Crippen molar-refractivity contribution in [2.24, 2.45) is 7.05 Å². The van der Waals surface area contributed by atoms with Crippen molar-refractivity contribution < 1.29 is 40.9 Å². The first-order chi connectivity index (χ1) is 19.3. The number of aromatic nitrogens is 6. The number of nitrogens with zero attached hydrogens (tertiary/aromatic N) is 6. The fourth-order valence-electron chi connectivity index (χ4n) is 4.48. The third-order valence-electron chi connectivity index (χ3n) is 6.68. The summed E-state index contributed by atoms with van der Waals surface area (Å²) in [6, 6.07) is 4.13. The number of alkyl halides is 6. The lowest BCUT2D eigenvalue weighted by molar-refractivity contribution is -0.250. The molecule has 216 valence electrons. The van der Waals surface area contributed by atoms with Crippen LogP contribution in [0, 0.1) is 0 Å². The molecule has 0 amide bonds. The van der Waals surface area contributed by atoms with Crippen LogP contribution in [-0.4, -0.2) is 55.0 Å². The molecule has 1 unspecified atom stereocenters. The largest absolute Gasteiger partial charge is 0.493 e. The number of hydrogen-bond donors (Lipinski definition) is 1. The molecule has 0 aliphatic heterocycles. The van der Waals surface area contributed by atoms with Crippen LogP contribution < -0.4 is 9.47 Å². The molecule has 1 fully saturated rings. The minimum absolute atomic E-state index is 0.0223. The fraction of sp³-hybridized carbons (Fsp3) is 0.346. The molecule has 0 saturated heterocycles. The van der Waals surface area contributed by atoms with Crippen molar-refractivity contribution in [3.8, 4) is 34.4 Å². The zero-order valence-electron chi connectivity index (χ0n) is 21.7. The van der Waals surface area contributed by atoms with Gasteiger partial charge >= 0.3 is 12.4 Å². The molecule has 0 radical (unpaired) electrons. The second-order valence-corrected chi connectivity index (χ2v) is 9.37. The van der Waals surface area contributed by atoms with Gasteiger partial charge in [-0.1, -0.05) is 24.3 Å². The molecule has 0 spiro atoms. The van der Waals surface area contributed by atoms with Crippen molar-refractivity contribution in [1.29, 1.82) is 0 Å². The molecule has 0 bridgehead atoms. The number of hydrogen-bond acceptors (Lipinski definition) is 8. The Morgan fingerprint density at radius 2 is 1.61 bits per heavy atom. The van der Waals surface area contributed by atoms with E-state index >= 15 is 0 Å². The molecular formula is C26H22F6N6O3. The Morgan fingerprint density at radius 1 is 0.927 bits per heavy atom. The average Bonchev–Trinajstić information content (AvgIpc) is 3.71. The van der Waals surface area contributed by atoms with Gasteiger partial charge in [0.25, 0.3) is 0 Å². The van der Waals surface area contributed by atoms with Gasteiger partial charge in [-0.05, 0) is 18.4 Å². The van der Waals surface area contributed by atoms with E-state index < -0.39 is 40.7 Å². The monoisotopic (exact) mass is 580 g/mol. The third-order valence-corrected chi connectivity index (χ3v) is 6.68. The van der Waals surface area contributed by atoms with Gasteiger partial charge in [-0.25, -0.2) is 24.9 Å². The van der Waals surface area contributed by atoms with Crippen molar-refractivity contribution in [3.05, 3.63) is 65.6 Å². The molecule has 15 heteroatoms. The normalized spacial score (nSPS) is 15.5. The lowest BCUT2D eigenvalue weighted by atomic mass is 9.88. The van der Waals surface area contributed by atoms with Crippen LogP contribution in [0.3, 0.4) is 0 Å². The summed E-state index contributed by atoms with van der Waals surface area (Å²) in [5.41, 5.74) is -5.66. The van der Waals surface area contributed by atoms with Crippen molar-refractivity contribution >= 4 is 0 Å². The molecule has 1 atom stereocenters. The average molecular weight is 580 g/mol. The lowest BCUT2D eigenvalue weighted by Crippen LogP contribution is -2.44. The molecule has 1 saturated carbocycles. The Balaban J connectivity index is 1.65. The lowest BCUT2D eigenvalue weighted by Gasteiger charge is -2.31. The zero-order chi connectivity index (χ0) is 29.7. The van der Waals surface area contributed by atoms with Gasteiger partial charge in [-0.3, -0.25) is 0 Å². The number of imidazole rings is 1. The first kappa shape index (κ1) is 28.3. The van der Waals surface area contributed by atoms with E-state index in [4.69, 9.17) is 9.47 Å². The molecular weight excluding hydrogens is 558 g/mol. The van der Waals surface area contributed by atoms with Crippen LogP contribution in [0.1, 0.15) is 41.4 Å². The van der Waals surface area contributed by atoms with Gasteiger partial charge in [0.1, 0.15) is 23.4 Å². The van der Waals surface area contributed by atoms with E-state index in [1.54, 1.807) is 0 Å². The van der Waals surface area contributed by atoms with Gasteiger partial charge in [0.2, 0.25) is 11.5 Å². The highest BCUT2D eigenvalue weighted by Crippen LogP contribution is 2.49. The second kappa shape index (κ2) is 9.98. The molecule has 3 aromatic heterocycles. The minimum Gasteiger partial charge on any atom is -0.493 e. The Bertz CT molecular complexity index is 1580. The minimum atomic E-state index is -5.32. The summed E-state index contributed by atoms with van der Waals surface area (Å²) in [5.74, 6) is -0.738. The summed E-state index contributed by atoms with van der Waals surface area (Å²) in [5, 5.41) is 11.4. The predicted molar refractivity (Wildman–Crippen MR) is 131 cm³/mol. The summed E-state index contributed by atoms with van der Waals surface area (Å²) in [6.07, 6.45) is -5.40. The van der Waals surface area contributed by atoms with Crippen molar-refractivity contribution in [1.82, 2.24) is 29.5 Å². The number of methoxy groups -OCH3 is 2. The maximum atomic E-state index is 14.8. The van der Waals surface area contributed by atoms with E-state index in [2.05, 4.69) is 24.9 Å². The number of ether oxygens (including phenoxy) is 2. The molecule has 3 heterocycles. The Morgan fingerprint density at radius 3 is 2.15 bits per heavy atom. The van der Waals surface area contributed by atoms with Crippen LogP contribution in [0.4, 0.5) is 26.3 Å². The van der Waals surface area contributed by atoms with Crippen molar-refractivity contribution in [2.75, 3.05) is 14.2 Å². The molecule has 41 heavy (non-hydrogen) atoms.